The minimum absolute atomic E-state index is 0.0272. The molecule has 0 N–H and O–H groups in total. The summed E-state index contributed by atoms with van der Waals surface area (Å²) in [5.74, 6) is 1.19. The van der Waals surface area contributed by atoms with Gasteiger partial charge >= 0.3 is 5.56 Å². The van der Waals surface area contributed by atoms with E-state index in [9.17, 15) is 13.2 Å². The predicted molar refractivity (Wildman–Crippen MR) is 137 cm³/mol. The summed E-state index contributed by atoms with van der Waals surface area (Å²) in [4.78, 5) is 15.7. The molecule has 192 valence electrons. The van der Waals surface area contributed by atoms with Gasteiger partial charge in [0.25, 0.3) is 0 Å². The molecule has 11 heteroatoms. The largest absolute Gasteiger partial charge is 0.483 e. The first kappa shape index (κ1) is 24.9. The Morgan fingerprint density at radius 1 is 1.08 bits per heavy atom. The summed E-state index contributed by atoms with van der Waals surface area (Å²) in [5, 5.41) is 4.91. The van der Waals surface area contributed by atoms with Crippen LogP contribution in [0.4, 0.5) is 5.69 Å². The van der Waals surface area contributed by atoms with Crippen LogP contribution in [0.2, 0.25) is 5.02 Å². The highest BCUT2D eigenvalue weighted by atomic mass is 35.5. The maximum absolute atomic E-state index is 13.6. The third-order valence-electron chi connectivity index (χ3n) is 6.75. The summed E-state index contributed by atoms with van der Waals surface area (Å²) in [7, 11) is -3.67. The van der Waals surface area contributed by atoms with Crippen molar-refractivity contribution in [2.75, 3.05) is 31.1 Å². The highest BCUT2D eigenvalue weighted by Crippen LogP contribution is 2.31. The van der Waals surface area contributed by atoms with E-state index < -0.39 is 10.0 Å². The van der Waals surface area contributed by atoms with Crippen molar-refractivity contribution >= 4 is 27.3 Å². The standard InChI is InChI=1S/C25H29ClN4O5S/c1-17-14-23(18(2)34-17)36(32,33)29-12-10-28(11-13-29)22-16-27-30(20-7-5-6-19(26)15-20)25(31)24(22)35-21-8-3-4-9-21/h5-7,14-16,21H,3-4,8-13H2,1-2H3. The lowest BCUT2D eigenvalue weighted by Crippen LogP contribution is -2.49. The third-order valence-corrected chi connectivity index (χ3v) is 8.99. The Labute approximate surface area is 215 Å². The van der Waals surface area contributed by atoms with E-state index in [4.69, 9.17) is 20.8 Å². The van der Waals surface area contributed by atoms with E-state index in [1.165, 1.54) is 8.99 Å². The number of ether oxygens (including phenoxy) is 1. The molecule has 1 aliphatic carbocycles. The summed E-state index contributed by atoms with van der Waals surface area (Å²) in [6.45, 7) is 4.73. The first-order chi connectivity index (χ1) is 17.2. The molecular formula is C25H29ClN4O5S. The molecule has 3 aromatic rings. The van der Waals surface area contributed by atoms with E-state index in [2.05, 4.69) is 5.10 Å². The lowest BCUT2D eigenvalue weighted by Gasteiger charge is -2.35. The van der Waals surface area contributed by atoms with E-state index in [-0.39, 0.29) is 35.4 Å². The van der Waals surface area contributed by atoms with Gasteiger partial charge in [-0.2, -0.15) is 14.1 Å². The average molecular weight is 533 g/mol. The van der Waals surface area contributed by atoms with Crippen LogP contribution in [0.5, 0.6) is 5.75 Å². The molecule has 0 unspecified atom stereocenters. The van der Waals surface area contributed by atoms with Crippen LogP contribution >= 0.6 is 11.6 Å². The first-order valence-electron chi connectivity index (χ1n) is 12.1. The minimum atomic E-state index is -3.67. The molecule has 0 radical (unpaired) electrons. The molecule has 1 aromatic carbocycles. The lowest BCUT2D eigenvalue weighted by molar-refractivity contribution is 0.205. The van der Waals surface area contributed by atoms with Gasteiger partial charge in [-0.3, -0.25) is 4.79 Å². The van der Waals surface area contributed by atoms with Crippen LogP contribution in [-0.2, 0) is 10.0 Å². The van der Waals surface area contributed by atoms with Crippen molar-refractivity contribution < 1.29 is 17.6 Å². The van der Waals surface area contributed by atoms with E-state index in [1.54, 1.807) is 50.4 Å². The topological polar surface area (TPSA) is 97.9 Å². The fourth-order valence-corrected chi connectivity index (χ4v) is 6.73. The number of anilines is 1. The van der Waals surface area contributed by atoms with Crippen LogP contribution in [0, 0.1) is 13.8 Å². The second-order valence-electron chi connectivity index (χ2n) is 9.25. The predicted octanol–water partition coefficient (Wildman–Crippen LogP) is 3.93. The molecule has 0 bridgehead atoms. The molecule has 36 heavy (non-hydrogen) atoms. The summed E-state index contributed by atoms with van der Waals surface area (Å²) in [5.41, 5.74) is 0.774. The number of piperazine rings is 1. The second kappa shape index (κ2) is 9.91. The maximum Gasteiger partial charge on any atom is 0.316 e. The Bertz CT molecular complexity index is 1420. The van der Waals surface area contributed by atoms with Gasteiger partial charge in [0.2, 0.25) is 15.8 Å². The van der Waals surface area contributed by atoms with Gasteiger partial charge in [-0.1, -0.05) is 17.7 Å². The van der Waals surface area contributed by atoms with Crippen molar-refractivity contribution in [3.8, 4) is 11.4 Å². The van der Waals surface area contributed by atoms with Crippen LogP contribution in [-0.4, -0.2) is 54.8 Å². The van der Waals surface area contributed by atoms with Gasteiger partial charge in [0.05, 0.1) is 18.0 Å². The summed E-state index contributed by atoms with van der Waals surface area (Å²) < 4.78 is 40.9. The van der Waals surface area contributed by atoms with E-state index in [1.807, 2.05) is 4.90 Å². The summed E-state index contributed by atoms with van der Waals surface area (Å²) in [6.07, 6.45) is 5.52. The number of nitrogens with zero attached hydrogens (tertiary/aromatic N) is 4. The van der Waals surface area contributed by atoms with Crippen LogP contribution in [0.1, 0.15) is 37.2 Å². The van der Waals surface area contributed by atoms with Gasteiger partial charge < -0.3 is 14.1 Å². The number of hydrogen-bond acceptors (Lipinski definition) is 7. The number of hydrogen-bond donors (Lipinski definition) is 0. The Balaban J connectivity index is 1.43. The quantitative estimate of drug-likeness (QED) is 0.474. The zero-order valence-corrected chi connectivity index (χ0v) is 21.9. The number of furan rings is 1. The van der Waals surface area contributed by atoms with Crippen molar-refractivity contribution in [1.29, 1.82) is 0 Å². The van der Waals surface area contributed by atoms with Gasteiger partial charge in [-0.25, -0.2) is 8.42 Å². The zero-order valence-electron chi connectivity index (χ0n) is 20.3. The Kier molecular flexibility index (Phi) is 6.84. The second-order valence-corrected chi connectivity index (χ2v) is 11.6. The van der Waals surface area contributed by atoms with E-state index >= 15 is 0 Å². The van der Waals surface area contributed by atoms with Crippen molar-refractivity contribution in [3.05, 3.63) is 63.4 Å². The van der Waals surface area contributed by atoms with Crippen LogP contribution in [0.25, 0.3) is 5.69 Å². The molecule has 3 heterocycles. The number of rotatable bonds is 6. The molecule has 0 atom stereocenters. The Morgan fingerprint density at radius 2 is 1.81 bits per heavy atom. The van der Waals surface area contributed by atoms with E-state index in [0.717, 1.165) is 25.7 Å². The van der Waals surface area contributed by atoms with Crippen molar-refractivity contribution in [2.24, 2.45) is 0 Å². The van der Waals surface area contributed by atoms with Gasteiger partial charge in [0, 0.05) is 31.2 Å². The van der Waals surface area contributed by atoms with Gasteiger partial charge in [0.15, 0.2) is 0 Å². The monoisotopic (exact) mass is 532 g/mol. The number of benzene rings is 1. The molecule has 0 spiro atoms. The van der Waals surface area contributed by atoms with Crippen molar-refractivity contribution in [3.63, 3.8) is 0 Å². The first-order valence-corrected chi connectivity index (χ1v) is 13.9. The fourth-order valence-electron chi connectivity index (χ4n) is 4.90. The molecule has 1 aliphatic heterocycles. The normalized spacial score (nSPS) is 17.6. The third kappa shape index (κ3) is 4.77. The molecule has 2 aliphatic rings. The van der Waals surface area contributed by atoms with Crippen LogP contribution in [0.3, 0.4) is 0 Å². The van der Waals surface area contributed by atoms with Gasteiger partial charge in [-0.15, -0.1) is 0 Å². The molecule has 2 aromatic heterocycles. The molecular weight excluding hydrogens is 504 g/mol. The Morgan fingerprint density at radius 3 is 2.44 bits per heavy atom. The van der Waals surface area contributed by atoms with Crippen LogP contribution in [0.15, 0.2) is 50.6 Å². The van der Waals surface area contributed by atoms with Crippen molar-refractivity contribution in [1.82, 2.24) is 14.1 Å². The number of halogens is 1. The molecule has 2 fully saturated rings. The van der Waals surface area contributed by atoms with Crippen LogP contribution < -0.4 is 15.2 Å². The molecule has 1 saturated heterocycles. The minimum Gasteiger partial charge on any atom is -0.483 e. The lowest BCUT2D eigenvalue weighted by atomic mass is 10.2. The summed E-state index contributed by atoms with van der Waals surface area (Å²) >= 11 is 6.14. The molecule has 5 rings (SSSR count). The molecule has 9 nitrogen and oxygen atoms in total. The van der Waals surface area contributed by atoms with Gasteiger partial charge in [-0.05, 0) is 63.8 Å². The molecule has 0 amide bonds. The average Bonchev–Trinajstić information content (AvgIpc) is 3.49. The number of sulfonamides is 1. The maximum atomic E-state index is 13.6. The van der Waals surface area contributed by atoms with Crippen molar-refractivity contribution in [2.45, 2.75) is 50.5 Å². The summed E-state index contributed by atoms with van der Waals surface area (Å²) in [6, 6.07) is 8.51. The molecule has 1 saturated carbocycles. The Hall–Kier alpha value is -2.82. The smallest absolute Gasteiger partial charge is 0.316 e. The zero-order chi connectivity index (χ0) is 25.4. The SMILES string of the molecule is Cc1cc(S(=O)(=O)N2CCN(c3cnn(-c4cccc(Cl)c4)c(=O)c3OC3CCCC3)CC2)c(C)o1. The number of aryl methyl sites for hydroxylation is 2. The number of aromatic nitrogens is 2. The van der Waals surface area contributed by atoms with Gasteiger partial charge in [0.1, 0.15) is 22.1 Å². The highest BCUT2D eigenvalue weighted by Gasteiger charge is 2.33. The van der Waals surface area contributed by atoms with E-state index in [0.29, 0.717) is 41.0 Å². The fraction of sp³-hybridized carbons (Fsp3) is 0.440. The highest BCUT2D eigenvalue weighted by molar-refractivity contribution is 7.89.